The van der Waals surface area contributed by atoms with Crippen molar-refractivity contribution in [1.82, 2.24) is 9.21 Å². The largest absolute Gasteiger partial charge is 0.468 e. The van der Waals surface area contributed by atoms with Crippen molar-refractivity contribution in [3.8, 4) is 5.75 Å². The molecule has 0 radical (unpaired) electrons. The van der Waals surface area contributed by atoms with Crippen molar-refractivity contribution in [2.24, 2.45) is 0 Å². The monoisotopic (exact) mass is 494 g/mol. The number of piperidine rings is 1. The fourth-order valence-corrected chi connectivity index (χ4v) is 5.92. The molecule has 1 saturated heterocycles. The third kappa shape index (κ3) is 5.63. The molecule has 2 heterocycles. The number of hydrogen-bond acceptors (Lipinski definition) is 5. The van der Waals surface area contributed by atoms with E-state index in [4.69, 9.17) is 4.42 Å². The van der Waals surface area contributed by atoms with Gasteiger partial charge < -0.3 is 9.15 Å². The highest BCUT2D eigenvalue weighted by molar-refractivity contribution is 7.89. The molecule has 182 valence electrons. The van der Waals surface area contributed by atoms with Crippen LogP contribution in [0.1, 0.15) is 24.2 Å². The number of ether oxygens (including phenoxy) is 1. The minimum Gasteiger partial charge on any atom is -0.468 e. The fourth-order valence-electron chi connectivity index (χ4n) is 4.20. The summed E-state index contributed by atoms with van der Waals surface area (Å²) in [5.74, 6) is -0.221. The molecule has 1 aliphatic rings. The summed E-state index contributed by atoms with van der Waals surface area (Å²) < 4.78 is 78.0. The predicted molar refractivity (Wildman–Crippen MR) is 119 cm³/mol. The van der Waals surface area contributed by atoms with Crippen molar-refractivity contribution in [3.05, 3.63) is 84.1 Å². The van der Waals surface area contributed by atoms with Crippen LogP contribution in [-0.4, -0.2) is 43.4 Å². The standard InChI is InChI=1S/C24H25F3N2O4S/c25-21-8-2-4-10-23(21)34(30,31)29(17-20-7-5-15-32-20)19-11-13-28(14-12-19)16-18-6-1-3-9-22(18)33-24(26)27/h1-10,15,19,24H,11-14,16-17H2. The third-order valence-corrected chi connectivity index (χ3v) is 7.79. The first-order valence-corrected chi connectivity index (χ1v) is 12.3. The van der Waals surface area contributed by atoms with Crippen LogP contribution in [0.4, 0.5) is 13.2 Å². The Balaban J connectivity index is 1.50. The van der Waals surface area contributed by atoms with Crippen LogP contribution in [-0.2, 0) is 23.1 Å². The van der Waals surface area contributed by atoms with Gasteiger partial charge in [0.2, 0.25) is 10.0 Å². The summed E-state index contributed by atoms with van der Waals surface area (Å²) in [7, 11) is -4.13. The summed E-state index contributed by atoms with van der Waals surface area (Å²) in [4.78, 5) is 1.69. The Hall–Kier alpha value is -2.82. The molecule has 0 spiro atoms. The molecule has 0 unspecified atom stereocenters. The van der Waals surface area contributed by atoms with E-state index in [0.29, 0.717) is 43.8 Å². The van der Waals surface area contributed by atoms with Crippen LogP contribution < -0.4 is 4.74 Å². The molecule has 0 bridgehead atoms. The zero-order valence-electron chi connectivity index (χ0n) is 18.3. The maximum atomic E-state index is 14.4. The van der Waals surface area contributed by atoms with Crippen LogP contribution >= 0.6 is 0 Å². The van der Waals surface area contributed by atoms with Gasteiger partial charge in [0.15, 0.2) is 0 Å². The SMILES string of the molecule is O=S(=O)(c1ccccc1F)N(Cc1ccco1)C1CCN(Cc2ccccc2OC(F)F)CC1. The number of halogens is 3. The van der Waals surface area contributed by atoms with Crippen molar-refractivity contribution < 1.29 is 30.7 Å². The number of likely N-dealkylation sites (tertiary alicyclic amines) is 1. The molecule has 10 heteroatoms. The smallest absolute Gasteiger partial charge is 0.387 e. The van der Waals surface area contributed by atoms with Crippen LogP contribution in [0.3, 0.4) is 0 Å². The summed E-state index contributed by atoms with van der Waals surface area (Å²) in [6.45, 7) is -1.46. The average molecular weight is 495 g/mol. The van der Waals surface area contributed by atoms with E-state index in [9.17, 15) is 21.6 Å². The number of sulfonamides is 1. The quantitative estimate of drug-likeness (QED) is 0.425. The average Bonchev–Trinajstić information content (AvgIpc) is 3.33. The summed E-state index contributed by atoms with van der Waals surface area (Å²) in [6, 6.07) is 14.9. The van der Waals surface area contributed by atoms with Crippen LogP contribution in [0.2, 0.25) is 0 Å². The number of alkyl halides is 2. The van der Waals surface area contributed by atoms with Crippen molar-refractivity contribution in [2.45, 2.75) is 43.5 Å². The highest BCUT2D eigenvalue weighted by Crippen LogP contribution is 2.29. The Labute approximate surface area is 196 Å². The first-order valence-electron chi connectivity index (χ1n) is 10.9. The lowest BCUT2D eigenvalue weighted by Crippen LogP contribution is -2.46. The molecule has 1 aliphatic heterocycles. The molecule has 1 fully saturated rings. The lowest BCUT2D eigenvalue weighted by atomic mass is 10.0. The molecule has 3 aromatic rings. The second kappa shape index (κ2) is 10.6. The van der Waals surface area contributed by atoms with Gasteiger partial charge in [-0.25, -0.2) is 12.8 Å². The summed E-state index contributed by atoms with van der Waals surface area (Å²) in [6.07, 6.45) is 2.45. The van der Waals surface area contributed by atoms with E-state index in [1.54, 1.807) is 30.3 Å². The fraction of sp³-hybridized carbons (Fsp3) is 0.333. The Morgan fingerprint density at radius 3 is 2.41 bits per heavy atom. The number of benzene rings is 2. The zero-order valence-corrected chi connectivity index (χ0v) is 19.1. The maximum absolute atomic E-state index is 14.4. The molecular formula is C24H25F3N2O4S. The molecule has 0 saturated carbocycles. The van der Waals surface area contributed by atoms with Crippen molar-refractivity contribution in [2.75, 3.05) is 13.1 Å². The number of hydrogen-bond donors (Lipinski definition) is 0. The summed E-state index contributed by atoms with van der Waals surface area (Å²) in [5, 5.41) is 0. The third-order valence-electron chi connectivity index (χ3n) is 5.86. The Morgan fingerprint density at radius 2 is 1.74 bits per heavy atom. The molecule has 0 aliphatic carbocycles. The number of nitrogens with zero attached hydrogens (tertiary/aromatic N) is 2. The lowest BCUT2D eigenvalue weighted by molar-refractivity contribution is -0.0508. The molecule has 0 N–H and O–H groups in total. The second-order valence-electron chi connectivity index (χ2n) is 8.05. The molecular weight excluding hydrogens is 469 g/mol. The number of rotatable bonds is 9. The molecule has 0 amide bonds. The summed E-state index contributed by atoms with van der Waals surface area (Å²) in [5.41, 5.74) is 0.632. The molecule has 0 atom stereocenters. The van der Waals surface area contributed by atoms with Gasteiger partial charge in [-0.1, -0.05) is 30.3 Å². The van der Waals surface area contributed by atoms with Crippen LogP contribution in [0, 0.1) is 5.82 Å². The van der Waals surface area contributed by atoms with Gasteiger partial charge in [-0.15, -0.1) is 0 Å². The zero-order chi connectivity index (χ0) is 24.1. The normalized spacial score (nSPS) is 15.8. The van der Waals surface area contributed by atoms with Gasteiger partial charge in [0.1, 0.15) is 22.2 Å². The van der Waals surface area contributed by atoms with Crippen molar-refractivity contribution >= 4 is 10.0 Å². The van der Waals surface area contributed by atoms with E-state index in [0.717, 1.165) is 6.07 Å². The molecule has 1 aromatic heterocycles. The highest BCUT2D eigenvalue weighted by atomic mass is 32.2. The maximum Gasteiger partial charge on any atom is 0.387 e. The van der Waals surface area contributed by atoms with Gasteiger partial charge in [0, 0.05) is 31.2 Å². The minimum atomic E-state index is -4.13. The first kappa shape index (κ1) is 24.3. The lowest BCUT2D eigenvalue weighted by Gasteiger charge is -2.37. The van der Waals surface area contributed by atoms with Gasteiger partial charge in [0.05, 0.1) is 12.8 Å². The second-order valence-corrected chi connectivity index (χ2v) is 9.91. The van der Waals surface area contributed by atoms with E-state index in [2.05, 4.69) is 9.64 Å². The van der Waals surface area contributed by atoms with Crippen LogP contribution in [0.15, 0.2) is 76.2 Å². The van der Waals surface area contributed by atoms with Crippen LogP contribution in [0.5, 0.6) is 5.75 Å². The van der Waals surface area contributed by atoms with E-state index < -0.39 is 22.5 Å². The Bertz CT molecular complexity index is 1180. The Kier molecular flexibility index (Phi) is 7.60. The summed E-state index contributed by atoms with van der Waals surface area (Å²) >= 11 is 0. The van der Waals surface area contributed by atoms with Gasteiger partial charge in [-0.2, -0.15) is 13.1 Å². The molecule has 34 heavy (non-hydrogen) atoms. The van der Waals surface area contributed by atoms with E-state index in [1.807, 2.05) is 0 Å². The van der Waals surface area contributed by atoms with E-state index in [-0.39, 0.29) is 23.2 Å². The molecule has 2 aromatic carbocycles. The van der Waals surface area contributed by atoms with Gasteiger partial charge in [-0.05, 0) is 43.2 Å². The minimum absolute atomic E-state index is 0.0145. The van der Waals surface area contributed by atoms with Crippen molar-refractivity contribution in [3.63, 3.8) is 0 Å². The number of furan rings is 1. The van der Waals surface area contributed by atoms with E-state index >= 15 is 0 Å². The van der Waals surface area contributed by atoms with Crippen LogP contribution in [0.25, 0.3) is 0 Å². The molecule has 4 rings (SSSR count). The van der Waals surface area contributed by atoms with Crippen molar-refractivity contribution in [1.29, 1.82) is 0 Å². The van der Waals surface area contributed by atoms with Gasteiger partial charge >= 0.3 is 6.61 Å². The first-order chi connectivity index (χ1) is 16.3. The van der Waals surface area contributed by atoms with Gasteiger partial charge in [0.25, 0.3) is 0 Å². The number of para-hydroxylation sites is 1. The predicted octanol–water partition coefficient (Wildman–Crippen LogP) is 4.88. The Morgan fingerprint density at radius 1 is 1.03 bits per heavy atom. The van der Waals surface area contributed by atoms with E-state index in [1.165, 1.54) is 34.8 Å². The van der Waals surface area contributed by atoms with Gasteiger partial charge in [-0.3, -0.25) is 4.90 Å². The molecule has 6 nitrogen and oxygen atoms in total. The topological polar surface area (TPSA) is 63.0 Å². The highest BCUT2D eigenvalue weighted by Gasteiger charge is 2.36.